The van der Waals surface area contributed by atoms with E-state index in [2.05, 4.69) is 23.1 Å². The monoisotopic (exact) mass is 482 g/mol. The Labute approximate surface area is 206 Å². The molecule has 2 saturated heterocycles. The van der Waals surface area contributed by atoms with Gasteiger partial charge in [0.05, 0.1) is 17.0 Å². The smallest absolute Gasteiger partial charge is 0.255 e. The second-order valence-electron chi connectivity index (χ2n) is 9.23. The Balaban J connectivity index is 0.00000253. The van der Waals surface area contributed by atoms with E-state index >= 15 is 0 Å². The minimum Gasteiger partial charge on any atom is -0.354 e. The molecule has 4 nitrogen and oxygen atoms in total. The van der Waals surface area contributed by atoms with E-state index in [1.54, 1.807) is 17.9 Å². The van der Waals surface area contributed by atoms with Gasteiger partial charge in [-0.1, -0.05) is 43.2 Å². The van der Waals surface area contributed by atoms with E-state index in [0.29, 0.717) is 19.1 Å². The molecular weight excluding hydrogens is 439 g/mol. The Morgan fingerprint density at radius 1 is 1.32 bits per heavy atom. The summed E-state index contributed by atoms with van der Waals surface area (Å²) in [5.41, 5.74) is 1.87. The van der Waals surface area contributed by atoms with E-state index < -0.39 is 18.2 Å². The predicted octanol–water partition coefficient (Wildman–Crippen LogP) is 6.12. The van der Waals surface area contributed by atoms with Gasteiger partial charge in [-0.2, -0.15) is 0 Å². The summed E-state index contributed by atoms with van der Waals surface area (Å²) < 4.78 is 43.5. The van der Waals surface area contributed by atoms with Crippen LogP contribution in [0.15, 0.2) is 58.2 Å². The Morgan fingerprint density at radius 2 is 2.00 bits per heavy atom. The van der Waals surface area contributed by atoms with Gasteiger partial charge in [-0.15, -0.1) is 0 Å². The third-order valence-electron chi connectivity index (χ3n) is 6.90. The largest absolute Gasteiger partial charge is 0.354 e. The van der Waals surface area contributed by atoms with Crippen molar-refractivity contribution in [2.75, 3.05) is 19.6 Å². The van der Waals surface area contributed by atoms with E-state index in [1.807, 2.05) is 20.8 Å². The molecule has 0 aromatic carbocycles. The third kappa shape index (κ3) is 5.19. The highest BCUT2D eigenvalue weighted by molar-refractivity contribution is 5.98. The summed E-state index contributed by atoms with van der Waals surface area (Å²) in [4.78, 5) is 15.0. The van der Waals surface area contributed by atoms with Gasteiger partial charge in [-0.05, 0) is 46.2 Å². The van der Waals surface area contributed by atoms with Crippen LogP contribution in [0.1, 0.15) is 58.2 Å². The van der Waals surface area contributed by atoms with Crippen LogP contribution in [0, 0.1) is 11.8 Å². The normalized spacial score (nSPS) is 27.2. The van der Waals surface area contributed by atoms with Crippen molar-refractivity contribution in [1.82, 2.24) is 15.5 Å². The lowest BCUT2D eigenvalue weighted by atomic mass is 9.70. The molecule has 4 aliphatic rings. The molecule has 2 aliphatic carbocycles. The number of carbonyl (C=O) groups is 1. The van der Waals surface area contributed by atoms with Crippen molar-refractivity contribution in [3.63, 3.8) is 0 Å². The highest BCUT2D eigenvalue weighted by atomic mass is 19.2. The molecule has 0 spiro atoms. The molecule has 2 aliphatic heterocycles. The van der Waals surface area contributed by atoms with Gasteiger partial charge in [-0.25, -0.2) is 13.2 Å². The molecule has 0 aromatic rings. The van der Waals surface area contributed by atoms with Crippen molar-refractivity contribution in [2.24, 2.45) is 5.41 Å². The molecule has 193 valence electrons. The lowest BCUT2D eigenvalue weighted by molar-refractivity contribution is -0.137. The molecule has 1 radical (unpaired) electrons. The number of allylic oxidation sites excluding steroid dienone is 7. The van der Waals surface area contributed by atoms with E-state index in [9.17, 15) is 18.0 Å². The first-order chi connectivity index (χ1) is 16.3. The first kappa shape index (κ1) is 26.3. The summed E-state index contributed by atoms with van der Waals surface area (Å²) in [6.45, 7) is 10.5. The Kier molecular flexibility index (Phi) is 8.50. The Morgan fingerprint density at radius 3 is 2.50 bits per heavy atom. The summed E-state index contributed by atoms with van der Waals surface area (Å²) in [7, 11) is 0. The van der Waals surface area contributed by atoms with Gasteiger partial charge in [-0.3, -0.25) is 4.79 Å². The summed E-state index contributed by atoms with van der Waals surface area (Å²) in [5, 5.41) is 6.26. The number of nitrogens with one attached hydrogen (secondary N) is 2. The van der Waals surface area contributed by atoms with Crippen LogP contribution >= 0.6 is 0 Å². The van der Waals surface area contributed by atoms with Crippen molar-refractivity contribution in [3.05, 3.63) is 64.7 Å². The molecule has 7 heteroatoms. The van der Waals surface area contributed by atoms with Gasteiger partial charge < -0.3 is 15.5 Å². The number of nitrogens with zero attached hydrogens (tertiary/aromatic N) is 1. The van der Waals surface area contributed by atoms with Gasteiger partial charge in [0.2, 0.25) is 0 Å². The first-order valence-electron chi connectivity index (χ1n) is 12.3. The molecule has 2 fully saturated rings. The van der Waals surface area contributed by atoms with Crippen molar-refractivity contribution in [2.45, 2.75) is 72.3 Å². The molecule has 2 heterocycles. The molecular formula is C27H43F3N3O. The number of amides is 1. The van der Waals surface area contributed by atoms with Crippen LogP contribution in [0.5, 0.6) is 0 Å². The lowest BCUT2D eigenvalue weighted by Gasteiger charge is -2.53. The summed E-state index contributed by atoms with van der Waals surface area (Å²) in [6.07, 6.45) is 7.95. The average molecular weight is 483 g/mol. The van der Waals surface area contributed by atoms with Gasteiger partial charge in [0.1, 0.15) is 6.17 Å². The fourth-order valence-electron chi connectivity index (χ4n) is 4.97. The zero-order chi connectivity index (χ0) is 25.0. The Bertz CT molecular complexity index is 948. The minimum absolute atomic E-state index is 0. The van der Waals surface area contributed by atoms with Gasteiger partial charge >= 0.3 is 0 Å². The van der Waals surface area contributed by atoms with E-state index in [1.165, 1.54) is 17.7 Å². The molecule has 1 amide bonds. The second-order valence-corrected chi connectivity index (χ2v) is 9.23. The fourth-order valence-corrected chi connectivity index (χ4v) is 4.97. The van der Waals surface area contributed by atoms with Crippen LogP contribution in [0.25, 0.3) is 0 Å². The number of rotatable bonds is 7. The quantitative estimate of drug-likeness (QED) is 0.339. The number of carbonyl (C=O) groups excluding carboxylic acids is 1. The number of alkyl halides is 2. The van der Waals surface area contributed by atoms with E-state index in [0.717, 1.165) is 31.9 Å². The van der Waals surface area contributed by atoms with Crippen LogP contribution in [0.4, 0.5) is 13.2 Å². The van der Waals surface area contributed by atoms with E-state index in [-0.39, 0.29) is 39.0 Å². The van der Waals surface area contributed by atoms with Crippen LogP contribution in [0.2, 0.25) is 0 Å². The highest BCUT2D eigenvalue weighted by Gasteiger charge is 2.55. The topological polar surface area (TPSA) is 44.4 Å². The molecule has 34 heavy (non-hydrogen) atoms. The molecule has 4 rings (SSSR count). The van der Waals surface area contributed by atoms with Crippen molar-refractivity contribution in [1.29, 1.82) is 0 Å². The van der Waals surface area contributed by atoms with Crippen LogP contribution in [0.3, 0.4) is 0 Å². The van der Waals surface area contributed by atoms with Crippen LogP contribution in [-0.4, -0.2) is 48.8 Å². The summed E-state index contributed by atoms with van der Waals surface area (Å²) >= 11 is 0. The summed E-state index contributed by atoms with van der Waals surface area (Å²) in [6, 6.07) is 0.316. The first-order valence-corrected chi connectivity index (χ1v) is 12.3. The van der Waals surface area contributed by atoms with Crippen LogP contribution in [-0.2, 0) is 4.79 Å². The highest BCUT2D eigenvalue weighted by Crippen LogP contribution is 2.50. The third-order valence-corrected chi connectivity index (χ3v) is 6.90. The average Bonchev–Trinajstić information content (AvgIpc) is 3.49. The molecule has 2 N–H and O–H groups in total. The zero-order valence-corrected chi connectivity index (χ0v) is 20.9. The standard InChI is InChI=1S/C25H31F3N3O.C2H6.3H2/c1-4-18(23(22(28)16(3)26)30-20-10-7-15(2)12-19(20)27)24(32)31-13-25(14-31,17-8-9-17)21-6-5-11-29-21;1-2;;;/h4,7-10,16,19,21,29-30H,5-6,11-14H2,1-3H3;1-2H3;3*1H/b18-4+,23-22-;;;;/t16?,19?,21-;;;;/m1..../s1. The number of hydrogen-bond donors (Lipinski definition) is 2. The van der Waals surface area contributed by atoms with Gasteiger partial charge in [0.15, 0.2) is 12.0 Å². The maximum Gasteiger partial charge on any atom is 0.255 e. The number of halogens is 3. The maximum atomic E-state index is 14.9. The van der Waals surface area contributed by atoms with Crippen molar-refractivity contribution < 1.29 is 22.2 Å². The van der Waals surface area contributed by atoms with Gasteiger partial charge in [0.25, 0.3) is 5.91 Å². The molecule has 0 aromatic heterocycles. The van der Waals surface area contributed by atoms with Gasteiger partial charge in [0, 0.05) is 41.7 Å². The second kappa shape index (κ2) is 11.0. The fraction of sp³-hybridized carbons (Fsp3) is 0.556. The van der Waals surface area contributed by atoms with Crippen LogP contribution < -0.4 is 10.6 Å². The number of likely N-dealkylation sites (tertiary alicyclic amines) is 1. The molecule has 0 bridgehead atoms. The van der Waals surface area contributed by atoms with Crippen molar-refractivity contribution in [3.8, 4) is 0 Å². The van der Waals surface area contributed by atoms with E-state index in [4.69, 9.17) is 0 Å². The van der Waals surface area contributed by atoms with Crippen molar-refractivity contribution >= 4 is 5.91 Å². The predicted molar refractivity (Wildman–Crippen MR) is 137 cm³/mol. The molecule has 3 atom stereocenters. The lowest BCUT2D eigenvalue weighted by Crippen LogP contribution is -2.65. The zero-order valence-electron chi connectivity index (χ0n) is 20.9. The Hall–Kier alpha value is -2.28. The number of hydrogen-bond acceptors (Lipinski definition) is 3. The minimum atomic E-state index is -1.93. The molecule has 0 saturated carbocycles. The maximum absolute atomic E-state index is 14.9. The molecule has 2 unspecified atom stereocenters. The SMILES string of the molecule is C/C=C(C(=O)N1CC(C2=C[CH]2)([C@H]2CCCN2)C1)\C(NC1=CC=C(C)CC1F)=C(\F)C(C)F.CC.[HH].[HH].[HH]. The summed E-state index contributed by atoms with van der Waals surface area (Å²) in [5.74, 6) is -1.48.